The van der Waals surface area contributed by atoms with Gasteiger partial charge in [-0.15, -0.1) is 0 Å². The lowest BCUT2D eigenvalue weighted by molar-refractivity contribution is -0.119. The molecule has 0 radical (unpaired) electrons. The Hall–Kier alpha value is -2.92. The number of amides is 2. The van der Waals surface area contributed by atoms with Crippen molar-refractivity contribution in [2.75, 3.05) is 11.5 Å². The maximum atomic E-state index is 13.0. The van der Waals surface area contributed by atoms with Gasteiger partial charge in [-0.25, -0.2) is 9.69 Å². The van der Waals surface area contributed by atoms with E-state index in [2.05, 4.69) is 0 Å². The fourth-order valence-electron chi connectivity index (χ4n) is 3.20. The summed E-state index contributed by atoms with van der Waals surface area (Å²) in [5, 5.41) is -0.106. The van der Waals surface area contributed by atoms with E-state index < -0.39 is 17.8 Å². The zero-order valence-corrected chi connectivity index (χ0v) is 17.4. The van der Waals surface area contributed by atoms with Crippen LogP contribution in [0.15, 0.2) is 47.5 Å². The molecule has 150 valence electrons. The van der Waals surface area contributed by atoms with Crippen LogP contribution in [0, 0.1) is 13.8 Å². The van der Waals surface area contributed by atoms with Crippen molar-refractivity contribution in [2.45, 2.75) is 33.6 Å². The molecule has 2 amide bonds. The Kier molecular flexibility index (Phi) is 6.18. The molecule has 0 bridgehead atoms. The molecule has 0 aromatic heterocycles. The number of ether oxygens (including phenoxy) is 1. The third kappa shape index (κ3) is 4.10. The summed E-state index contributed by atoms with van der Waals surface area (Å²) >= 11 is 6.26. The van der Waals surface area contributed by atoms with E-state index in [9.17, 15) is 14.4 Å². The van der Waals surface area contributed by atoms with Gasteiger partial charge in [-0.3, -0.25) is 9.59 Å². The van der Waals surface area contributed by atoms with Gasteiger partial charge in [0.2, 0.25) is 0 Å². The Morgan fingerprint density at radius 1 is 1.03 bits per heavy atom. The van der Waals surface area contributed by atoms with E-state index in [1.54, 1.807) is 18.2 Å². The van der Waals surface area contributed by atoms with E-state index in [4.69, 9.17) is 16.3 Å². The average Bonchev–Trinajstić information content (AvgIpc) is 2.91. The van der Waals surface area contributed by atoms with Crippen LogP contribution >= 0.6 is 11.6 Å². The number of esters is 1. The Labute approximate surface area is 174 Å². The number of benzene rings is 2. The third-order valence-electron chi connectivity index (χ3n) is 4.77. The highest BCUT2D eigenvalue weighted by Gasteiger charge is 2.39. The second kappa shape index (κ2) is 8.62. The summed E-state index contributed by atoms with van der Waals surface area (Å²) in [6.07, 6.45) is 1.73. The number of imide groups is 1. The van der Waals surface area contributed by atoms with Gasteiger partial charge in [0.25, 0.3) is 11.8 Å². The first kappa shape index (κ1) is 20.8. The number of hydrogen-bond acceptors (Lipinski definition) is 4. The molecule has 0 N–H and O–H groups in total. The van der Waals surface area contributed by atoms with Crippen molar-refractivity contribution in [3.05, 3.63) is 69.8 Å². The normalized spacial score (nSPS) is 14.0. The molecule has 0 spiro atoms. The van der Waals surface area contributed by atoms with Gasteiger partial charge < -0.3 is 4.74 Å². The van der Waals surface area contributed by atoms with Gasteiger partial charge in [-0.05, 0) is 55.7 Å². The quantitative estimate of drug-likeness (QED) is 0.389. The fraction of sp³-hybridized carbons (Fsp3) is 0.261. The van der Waals surface area contributed by atoms with Gasteiger partial charge in [-0.1, -0.05) is 48.7 Å². The molecule has 5 nitrogen and oxygen atoms in total. The molecular weight excluding hydrogens is 390 g/mol. The average molecular weight is 412 g/mol. The number of carbonyl (C=O) groups is 3. The summed E-state index contributed by atoms with van der Waals surface area (Å²) in [5.74, 6) is -1.49. The predicted octanol–water partition coefficient (Wildman–Crippen LogP) is 4.78. The lowest BCUT2D eigenvalue weighted by Gasteiger charge is -2.16. The van der Waals surface area contributed by atoms with Crippen LogP contribution in [-0.4, -0.2) is 24.4 Å². The molecule has 29 heavy (non-hydrogen) atoms. The molecule has 1 heterocycles. The molecule has 3 rings (SSSR count). The van der Waals surface area contributed by atoms with Crippen molar-refractivity contribution >= 4 is 40.6 Å². The summed E-state index contributed by atoms with van der Waals surface area (Å²) in [6.45, 7) is 6.20. The maximum Gasteiger partial charge on any atom is 0.338 e. The summed E-state index contributed by atoms with van der Waals surface area (Å²) in [5.41, 5.74) is 3.46. The van der Waals surface area contributed by atoms with E-state index in [1.165, 1.54) is 12.1 Å². The van der Waals surface area contributed by atoms with Crippen molar-refractivity contribution in [3.63, 3.8) is 0 Å². The highest BCUT2D eigenvalue weighted by Crippen LogP contribution is 2.36. The van der Waals surface area contributed by atoms with Crippen molar-refractivity contribution < 1.29 is 19.1 Å². The van der Waals surface area contributed by atoms with Gasteiger partial charge in [-0.2, -0.15) is 0 Å². The number of hydrogen-bond donors (Lipinski definition) is 0. The molecule has 0 unspecified atom stereocenters. The minimum atomic E-state index is -0.579. The van der Waals surface area contributed by atoms with E-state index >= 15 is 0 Å². The van der Waals surface area contributed by atoms with E-state index in [0.717, 1.165) is 28.9 Å². The Bertz CT molecular complexity index is 1010. The monoisotopic (exact) mass is 411 g/mol. The van der Waals surface area contributed by atoms with E-state index in [0.29, 0.717) is 23.4 Å². The number of unbranched alkanes of at least 4 members (excludes halogenated alkanes) is 1. The van der Waals surface area contributed by atoms with Gasteiger partial charge in [0.15, 0.2) is 0 Å². The zero-order chi connectivity index (χ0) is 21.1. The second-order valence-electron chi connectivity index (χ2n) is 6.99. The molecule has 0 fully saturated rings. The largest absolute Gasteiger partial charge is 0.462 e. The standard InChI is InChI=1S/C23H22ClNO4/c1-4-5-12-29-23(28)16-7-9-17(10-8-16)25-21(26)19(20(24)22(25)27)18-11-6-14(2)13-15(18)3/h6-11,13H,4-5,12H2,1-3H3. The first-order valence-electron chi connectivity index (χ1n) is 9.48. The Balaban J connectivity index is 1.85. The van der Waals surface area contributed by atoms with Crippen LogP contribution in [0.1, 0.15) is 46.8 Å². The lowest BCUT2D eigenvalue weighted by atomic mass is 9.99. The van der Waals surface area contributed by atoms with Crippen LogP contribution in [0.5, 0.6) is 0 Å². The number of carbonyl (C=O) groups excluding carboxylic acids is 3. The minimum Gasteiger partial charge on any atom is -0.462 e. The van der Waals surface area contributed by atoms with Gasteiger partial charge >= 0.3 is 5.97 Å². The number of anilines is 1. The van der Waals surface area contributed by atoms with Gasteiger partial charge in [0.05, 0.1) is 23.4 Å². The Morgan fingerprint density at radius 3 is 2.34 bits per heavy atom. The lowest BCUT2D eigenvalue weighted by Crippen LogP contribution is -2.31. The maximum absolute atomic E-state index is 13.0. The molecule has 0 atom stereocenters. The highest BCUT2D eigenvalue weighted by atomic mass is 35.5. The summed E-state index contributed by atoms with van der Waals surface area (Å²) in [6, 6.07) is 11.8. The van der Waals surface area contributed by atoms with Crippen molar-refractivity contribution in [1.29, 1.82) is 0 Å². The van der Waals surface area contributed by atoms with E-state index in [-0.39, 0.29) is 10.6 Å². The number of nitrogens with zero attached hydrogens (tertiary/aromatic N) is 1. The highest BCUT2D eigenvalue weighted by molar-refractivity contribution is 6.60. The number of halogens is 1. The molecule has 1 aliphatic rings. The molecule has 1 aliphatic heterocycles. The predicted molar refractivity (Wildman–Crippen MR) is 113 cm³/mol. The van der Waals surface area contributed by atoms with Crippen LogP contribution < -0.4 is 4.90 Å². The van der Waals surface area contributed by atoms with Gasteiger partial charge in [0.1, 0.15) is 5.03 Å². The molecular formula is C23H22ClNO4. The van der Waals surface area contributed by atoms with E-state index in [1.807, 2.05) is 32.9 Å². The Morgan fingerprint density at radius 2 is 1.72 bits per heavy atom. The third-order valence-corrected chi connectivity index (χ3v) is 5.12. The smallest absolute Gasteiger partial charge is 0.338 e. The molecule has 0 aliphatic carbocycles. The molecule has 6 heteroatoms. The molecule has 2 aromatic rings. The second-order valence-corrected chi connectivity index (χ2v) is 7.37. The topological polar surface area (TPSA) is 63.7 Å². The molecule has 2 aromatic carbocycles. The number of rotatable bonds is 6. The van der Waals surface area contributed by atoms with Crippen LogP contribution in [-0.2, 0) is 14.3 Å². The van der Waals surface area contributed by atoms with Crippen LogP contribution in [0.4, 0.5) is 5.69 Å². The first-order chi connectivity index (χ1) is 13.8. The summed E-state index contributed by atoms with van der Waals surface area (Å²) in [7, 11) is 0. The SMILES string of the molecule is CCCCOC(=O)c1ccc(N2C(=O)C(Cl)=C(c3ccc(C)cc3C)C2=O)cc1. The first-order valence-corrected chi connectivity index (χ1v) is 9.86. The van der Waals surface area contributed by atoms with Crippen LogP contribution in [0.25, 0.3) is 5.57 Å². The molecule has 0 saturated carbocycles. The number of aryl methyl sites for hydroxylation is 2. The van der Waals surface area contributed by atoms with Crippen molar-refractivity contribution in [1.82, 2.24) is 0 Å². The van der Waals surface area contributed by atoms with Gasteiger partial charge in [0, 0.05) is 0 Å². The van der Waals surface area contributed by atoms with Crippen LogP contribution in [0.2, 0.25) is 0 Å². The molecule has 0 saturated heterocycles. The zero-order valence-electron chi connectivity index (χ0n) is 16.6. The van der Waals surface area contributed by atoms with Crippen LogP contribution in [0.3, 0.4) is 0 Å². The van der Waals surface area contributed by atoms with Crippen molar-refractivity contribution in [2.24, 2.45) is 0 Å². The summed E-state index contributed by atoms with van der Waals surface area (Å²) in [4.78, 5) is 38.8. The minimum absolute atomic E-state index is 0.106. The summed E-state index contributed by atoms with van der Waals surface area (Å²) < 4.78 is 5.18. The fourth-order valence-corrected chi connectivity index (χ4v) is 3.47. The van der Waals surface area contributed by atoms with Crippen molar-refractivity contribution in [3.8, 4) is 0 Å².